The zero-order valence-electron chi connectivity index (χ0n) is 20.5. The molecule has 1 aliphatic heterocycles. The third kappa shape index (κ3) is 5.12. The number of imide groups is 1. The molecule has 180 valence electrons. The number of amides is 2. The Morgan fingerprint density at radius 1 is 0.892 bits per heavy atom. The number of aryl methyl sites for hydroxylation is 1. The maximum Gasteiger partial charge on any atom is 0.261 e. The van der Waals surface area contributed by atoms with Gasteiger partial charge in [-0.25, -0.2) is 0 Å². The molecule has 0 bridgehead atoms. The molecule has 1 saturated heterocycles. The summed E-state index contributed by atoms with van der Waals surface area (Å²) >= 11 is 0. The second kappa shape index (κ2) is 10.5. The predicted octanol–water partition coefficient (Wildman–Crippen LogP) is 6.46. The van der Waals surface area contributed by atoms with Gasteiger partial charge in [-0.15, -0.1) is 0 Å². The van der Waals surface area contributed by atoms with Crippen molar-refractivity contribution >= 4 is 17.9 Å². The quantitative estimate of drug-likeness (QED) is 0.234. The second-order valence-electron chi connectivity index (χ2n) is 9.34. The Labute approximate surface area is 217 Å². The van der Waals surface area contributed by atoms with Crippen LogP contribution in [0.3, 0.4) is 0 Å². The first kappa shape index (κ1) is 24.0. The van der Waals surface area contributed by atoms with Crippen molar-refractivity contribution in [1.29, 1.82) is 5.26 Å². The number of likely N-dealkylation sites (tertiary alicyclic amines) is 1. The third-order valence-electron chi connectivity index (χ3n) is 6.80. The van der Waals surface area contributed by atoms with E-state index in [0.717, 1.165) is 22.3 Å². The molecule has 0 unspecified atom stereocenters. The standard InChI is InChI=1S/C33H26N2O2/c1-23-10-13-27(14-11-23)28-15-17-29(18-16-28)32(36)35-31(19-12-24-6-3-2-4-7-24)30(33(35)37)21-25-8-5-9-26(20-25)22-34/h2-20,30-31H,21H2,1H3/b19-12+/t30-,31-/m1/s1. The summed E-state index contributed by atoms with van der Waals surface area (Å²) in [5.41, 5.74) is 6.23. The van der Waals surface area contributed by atoms with Crippen LogP contribution in [0.25, 0.3) is 17.2 Å². The second-order valence-corrected chi connectivity index (χ2v) is 9.34. The average molecular weight is 483 g/mol. The van der Waals surface area contributed by atoms with Crippen LogP contribution >= 0.6 is 0 Å². The van der Waals surface area contributed by atoms with Crippen LogP contribution in [0.2, 0.25) is 0 Å². The number of nitriles is 1. The zero-order valence-corrected chi connectivity index (χ0v) is 20.5. The highest BCUT2D eigenvalue weighted by molar-refractivity contribution is 6.10. The number of rotatable bonds is 6. The van der Waals surface area contributed by atoms with Crippen molar-refractivity contribution < 1.29 is 9.59 Å². The number of β-lactam (4-membered cyclic amide) rings is 1. The monoisotopic (exact) mass is 482 g/mol. The summed E-state index contributed by atoms with van der Waals surface area (Å²) in [6.07, 6.45) is 4.36. The van der Waals surface area contributed by atoms with Crippen LogP contribution < -0.4 is 0 Å². The van der Waals surface area contributed by atoms with Crippen LogP contribution in [0.5, 0.6) is 0 Å². The Bertz CT molecular complexity index is 1500. The van der Waals surface area contributed by atoms with E-state index < -0.39 is 0 Å². The van der Waals surface area contributed by atoms with Gasteiger partial charge >= 0.3 is 0 Å². The molecule has 0 N–H and O–H groups in total. The molecule has 4 heteroatoms. The minimum atomic E-state index is -0.372. The van der Waals surface area contributed by atoms with Gasteiger partial charge in [0.25, 0.3) is 5.91 Å². The van der Waals surface area contributed by atoms with Gasteiger partial charge in [-0.05, 0) is 59.9 Å². The summed E-state index contributed by atoms with van der Waals surface area (Å²) in [6, 6.07) is 34.5. The molecule has 5 rings (SSSR count). The van der Waals surface area contributed by atoms with E-state index >= 15 is 0 Å². The highest BCUT2D eigenvalue weighted by atomic mass is 16.2. The smallest absolute Gasteiger partial charge is 0.261 e. The highest BCUT2D eigenvalue weighted by Gasteiger charge is 2.49. The van der Waals surface area contributed by atoms with Crippen molar-refractivity contribution in [2.24, 2.45) is 5.92 Å². The molecule has 0 radical (unpaired) electrons. The van der Waals surface area contributed by atoms with Gasteiger partial charge in [0, 0.05) is 5.56 Å². The lowest BCUT2D eigenvalue weighted by molar-refractivity contribution is -0.147. The number of nitrogens with zero attached hydrogens (tertiary/aromatic N) is 2. The van der Waals surface area contributed by atoms with Crippen molar-refractivity contribution in [2.75, 3.05) is 0 Å². The van der Waals surface area contributed by atoms with E-state index in [1.807, 2.05) is 73.7 Å². The first-order valence-electron chi connectivity index (χ1n) is 12.3. The maximum atomic E-state index is 13.5. The van der Waals surface area contributed by atoms with E-state index in [9.17, 15) is 14.9 Å². The Kier molecular flexibility index (Phi) is 6.78. The molecule has 1 heterocycles. The van der Waals surface area contributed by atoms with Gasteiger partial charge in [-0.2, -0.15) is 5.26 Å². The first-order chi connectivity index (χ1) is 18.0. The van der Waals surface area contributed by atoms with Gasteiger partial charge < -0.3 is 0 Å². The van der Waals surface area contributed by atoms with Crippen molar-refractivity contribution in [3.63, 3.8) is 0 Å². The zero-order chi connectivity index (χ0) is 25.8. The van der Waals surface area contributed by atoms with Crippen LogP contribution in [-0.4, -0.2) is 22.8 Å². The van der Waals surface area contributed by atoms with Gasteiger partial charge in [0.1, 0.15) is 0 Å². The third-order valence-corrected chi connectivity index (χ3v) is 6.80. The van der Waals surface area contributed by atoms with Gasteiger partial charge in [-0.1, -0.05) is 96.6 Å². The van der Waals surface area contributed by atoms with Crippen LogP contribution in [0.1, 0.15) is 32.6 Å². The topological polar surface area (TPSA) is 61.2 Å². The van der Waals surface area contributed by atoms with Crippen LogP contribution in [0, 0.1) is 24.2 Å². The van der Waals surface area contributed by atoms with E-state index in [4.69, 9.17) is 0 Å². The van der Waals surface area contributed by atoms with E-state index in [1.54, 1.807) is 24.3 Å². The normalized spacial score (nSPS) is 16.9. The fourth-order valence-corrected chi connectivity index (χ4v) is 4.72. The minimum Gasteiger partial charge on any atom is -0.274 e. The van der Waals surface area contributed by atoms with E-state index in [0.29, 0.717) is 17.5 Å². The van der Waals surface area contributed by atoms with Gasteiger partial charge in [0.05, 0.1) is 23.6 Å². The fraction of sp³-hybridized carbons (Fsp3) is 0.121. The summed E-state index contributed by atoms with van der Waals surface area (Å²) in [7, 11) is 0. The van der Waals surface area contributed by atoms with Crippen LogP contribution in [-0.2, 0) is 11.2 Å². The summed E-state index contributed by atoms with van der Waals surface area (Å²) in [4.78, 5) is 28.1. The van der Waals surface area contributed by atoms with Gasteiger partial charge in [-0.3, -0.25) is 14.5 Å². The van der Waals surface area contributed by atoms with Crippen LogP contribution in [0.15, 0.2) is 109 Å². The van der Waals surface area contributed by atoms with Crippen molar-refractivity contribution in [2.45, 2.75) is 19.4 Å². The molecular formula is C33H26N2O2. The fourth-order valence-electron chi connectivity index (χ4n) is 4.72. The lowest BCUT2D eigenvalue weighted by Crippen LogP contribution is -2.62. The molecule has 4 aromatic carbocycles. The number of hydrogen-bond acceptors (Lipinski definition) is 3. The van der Waals surface area contributed by atoms with Crippen molar-refractivity contribution in [3.05, 3.63) is 137 Å². The SMILES string of the molecule is Cc1ccc(-c2ccc(C(=O)N3C(=O)[C@H](Cc4cccc(C#N)c4)[C@H]3/C=C/c3ccccc3)cc2)cc1. The molecule has 0 spiro atoms. The Morgan fingerprint density at radius 3 is 2.24 bits per heavy atom. The molecule has 4 aromatic rings. The average Bonchev–Trinajstić information content (AvgIpc) is 2.94. The molecule has 2 atom stereocenters. The number of hydrogen-bond donors (Lipinski definition) is 0. The molecule has 1 fully saturated rings. The van der Waals surface area contributed by atoms with Gasteiger partial charge in [0.15, 0.2) is 0 Å². The summed E-state index contributed by atoms with van der Waals surface area (Å²) in [5.74, 6) is -0.868. The van der Waals surface area contributed by atoms with E-state index in [-0.39, 0.29) is 23.8 Å². The Balaban J connectivity index is 1.40. The molecule has 4 nitrogen and oxygen atoms in total. The highest BCUT2D eigenvalue weighted by Crippen LogP contribution is 2.33. The molecule has 2 amide bonds. The maximum absolute atomic E-state index is 13.5. The molecule has 0 aromatic heterocycles. The summed E-state index contributed by atoms with van der Waals surface area (Å²) in [5, 5.41) is 9.25. The lowest BCUT2D eigenvalue weighted by Gasteiger charge is -2.44. The number of carbonyl (C=O) groups excluding carboxylic acids is 2. The predicted molar refractivity (Wildman–Crippen MR) is 145 cm³/mol. The molecule has 0 saturated carbocycles. The molecule has 0 aliphatic carbocycles. The van der Waals surface area contributed by atoms with Crippen molar-refractivity contribution in [1.82, 2.24) is 4.90 Å². The molecule has 37 heavy (non-hydrogen) atoms. The molecular weight excluding hydrogens is 456 g/mol. The minimum absolute atomic E-state index is 0.197. The number of benzene rings is 4. The summed E-state index contributed by atoms with van der Waals surface area (Å²) in [6.45, 7) is 2.05. The first-order valence-corrected chi connectivity index (χ1v) is 12.3. The van der Waals surface area contributed by atoms with Gasteiger partial charge in [0.2, 0.25) is 5.91 Å². The Hall–Kier alpha value is -4.75. The van der Waals surface area contributed by atoms with E-state index in [1.165, 1.54) is 10.5 Å². The van der Waals surface area contributed by atoms with Crippen molar-refractivity contribution in [3.8, 4) is 17.2 Å². The lowest BCUT2D eigenvalue weighted by atomic mass is 9.81. The number of carbonyl (C=O) groups is 2. The van der Waals surface area contributed by atoms with Crippen LogP contribution in [0.4, 0.5) is 0 Å². The van der Waals surface area contributed by atoms with E-state index in [2.05, 4.69) is 30.3 Å². The summed E-state index contributed by atoms with van der Waals surface area (Å²) < 4.78 is 0. The largest absolute Gasteiger partial charge is 0.274 e. The Morgan fingerprint density at radius 2 is 1.57 bits per heavy atom. The molecule has 1 aliphatic rings.